The van der Waals surface area contributed by atoms with Gasteiger partial charge in [0.25, 0.3) is 0 Å². The van der Waals surface area contributed by atoms with Crippen molar-refractivity contribution in [3.05, 3.63) is 22.8 Å². The molecule has 0 saturated carbocycles. The van der Waals surface area contributed by atoms with Crippen LogP contribution in [0.1, 0.15) is 29.6 Å². The zero-order valence-electron chi connectivity index (χ0n) is 10.2. The summed E-state index contributed by atoms with van der Waals surface area (Å²) in [7, 11) is 0. The summed E-state index contributed by atoms with van der Waals surface area (Å²) in [6.45, 7) is 0.543. The van der Waals surface area contributed by atoms with Crippen molar-refractivity contribution < 1.29 is 14.7 Å². The summed E-state index contributed by atoms with van der Waals surface area (Å²) in [5.41, 5.74) is 5.40. The van der Waals surface area contributed by atoms with Crippen LogP contribution in [0.4, 0.5) is 5.82 Å². The topological polar surface area (TPSA) is 96.5 Å². The number of aromatic nitrogens is 1. The third-order valence-corrected chi connectivity index (χ3v) is 3.39. The van der Waals surface area contributed by atoms with Crippen molar-refractivity contribution in [3.8, 4) is 0 Å². The van der Waals surface area contributed by atoms with Gasteiger partial charge in [0.2, 0.25) is 5.91 Å². The first-order chi connectivity index (χ1) is 9.00. The number of hydrogen-bond donors (Lipinski definition) is 2. The van der Waals surface area contributed by atoms with Crippen LogP contribution in [0, 0.1) is 0 Å². The molecule has 1 aliphatic rings. The van der Waals surface area contributed by atoms with Crippen LogP contribution < -0.4 is 10.6 Å². The van der Waals surface area contributed by atoms with Crippen molar-refractivity contribution in [1.29, 1.82) is 0 Å². The van der Waals surface area contributed by atoms with Gasteiger partial charge in [-0.25, -0.2) is 9.78 Å². The molecule has 0 aliphatic carbocycles. The maximum absolute atomic E-state index is 11.5. The number of rotatable bonds is 3. The molecule has 2 heterocycles. The van der Waals surface area contributed by atoms with Crippen LogP contribution >= 0.6 is 11.6 Å². The third-order valence-electron chi connectivity index (χ3n) is 3.17. The molecular weight excluding hydrogens is 270 g/mol. The number of carbonyl (C=O) groups is 2. The smallest absolute Gasteiger partial charge is 0.339 e. The molecule has 0 spiro atoms. The summed E-state index contributed by atoms with van der Waals surface area (Å²) in [6, 6.07) is 2.27. The Balaban J connectivity index is 2.46. The van der Waals surface area contributed by atoms with Crippen LogP contribution in [0.25, 0.3) is 0 Å². The van der Waals surface area contributed by atoms with E-state index in [0.717, 1.165) is 12.8 Å². The fourth-order valence-electron chi connectivity index (χ4n) is 2.29. The van der Waals surface area contributed by atoms with Gasteiger partial charge < -0.3 is 15.7 Å². The van der Waals surface area contributed by atoms with E-state index in [1.807, 2.05) is 0 Å². The number of anilines is 1. The highest BCUT2D eigenvalue weighted by atomic mass is 35.5. The van der Waals surface area contributed by atoms with Crippen molar-refractivity contribution in [2.45, 2.75) is 25.3 Å². The van der Waals surface area contributed by atoms with Gasteiger partial charge in [-0.2, -0.15) is 0 Å². The monoisotopic (exact) mass is 283 g/mol. The Morgan fingerprint density at radius 2 is 2.16 bits per heavy atom. The van der Waals surface area contributed by atoms with Crippen molar-refractivity contribution in [1.82, 2.24) is 4.98 Å². The zero-order valence-corrected chi connectivity index (χ0v) is 10.9. The van der Waals surface area contributed by atoms with Crippen molar-refractivity contribution in [3.63, 3.8) is 0 Å². The predicted octanol–water partition coefficient (Wildman–Crippen LogP) is 1.28. The highest BCUT2D eigenvalue weighted by molar-refractivity contribution is 6.29. The van der Waals surface area contributed by atoms with Crippen LogP contribution in [-0.2, 0) is 4.79 Å². The highest BCUT2D eigenvalue weighted by Gasteiger charge is 2.30. The Morgan fingerprint density at radius 3 is 2.79 bits per heavy atom. The highest BCUT2D eigenvalue weighted by Crippen LogP contribution is 2.27. The SMILES string of the molecule is NC(=O)C1CCCCN1c1nc(Cl)ccc1C(=O)O. The van der Waals surface area contributed by atoms with E-state index >= 15 is 0 Å². The normalized spacial score (nSPS) is 19.2. The zero-order chi connectivity index (χ0) is 14.0. The number of nitrogens with two attached hydrogens (primary N) is 1. The standard InChI is InChI=1S/C12H14ClN3O3/c13-9-5-4-7(12(18)19)11(15-9)16-6-2-1-3-8(16)10(14)17/h4-5,8H,1-3,6H2,(H2,14,17)(H,18,19). The quantitative estimate of drug-likeness (QED) is 0.815. The molecule has 1 aromatic heterocycles. The molecule has 19 heavy (non-hydrogen) atoms. The van der Waals surface area contributed by atoms with Crippen LogP contribution in [0.5, 0.6) is 0 Å². The molecule has 3 N–H and O–H groups in total. The number of halogens is 1. The van der Waals surface area contributed by atoms with Gasteiger partial charge in [-0.15, -0.1) is 0 Å². The molecule has 0 bridgehead atoms. The molecule has 1 fully saturated rings. The van der Waals surface area contributed by atoms with Gasteiger partial charge >= 0.3 is 5.97 Å². The molecule has 0 radical (unpaired) electrons. The molecule has 1 amide bonds. The lowest BCUT2D eigenvalue weighted by Crippen LogP contribution is -2.48. The van der Waals surface area contributed by atoms with E-state index in [1.54, 1.807) is 4.90 Å². The van der Waals surface area contributed by atoms with E-state index in [9.17, 15) is 14.7 Å². The van der Waals surface area contributed by atoms with Crippen molar-refractivity contribution in [2.24, 2.45) is 5.73 Å². The fourth-order valence-corrected chi connectivity index (χ4v) is 2.44. The minimum atomic E-state index is -1.10. The first-order valence-electron chi connectivity index (χ1n) is 5.96. The average molecular weight is 284 g/mol. The Morgan fingerprint density at radius 1 is 1.42 bits per heavy atom. The van der Waals surface area contributed by atoms with Gasteiger partial charge in [-0.3, -0.25) is 4.79 Å². The lowest BCUT2D eigenvalue weighted by atomic mass is 10.0. The Hall–Kier alpha value is -1.82. The molecule has 102 valence electrons. The molecule has 6 nitrogen and oxygen atoms in total. The molecule has 7 heteroatoms. The number of nitrogens with zero attached hydrogens (tertiary/aromatic N) is 2. The lowest BCUT2D eigenvalue weighted by Gasteiger charge is -2.35. The number of piperidine rings is 1. The molecule has 0 aromatic carbocycles. The molecule has 1 aliphatic heterocycles. The van der Waals surface area contributed by atoms with Crippen LogP contribution in [-0.4, -0.2) is 34.6 Å². The number of primary amides is 1. The number of carboxylic acid groups (broad SMARTS) is 1. The summed E-state index contributed by atoms with van der Waals surface area (Å²) in [6.07, 6.45) is 2.34. The van der Waals surface area contributed by atoms with E-state index < -0.39 is 17.9 Å². The molecule has 2 rings (SSSR count). The van der Waals surface area contributed by atoms with Crippen LogP contribution in [0.2, 0.25) is 5.15 Å². The first kappa shape index (κ1) is 13.6. The summed E-state index contributed by atoms with van der Waals surface area (Å²) >= 11 is 5.82. The number of aromatic carboxylic acids is 1. The van der Waals surface area contributed by atoms with Crippen LogP contribution in [0.3, 0.4) is 0 Å². The molecular formula is C12H14ClN3O3. The molecule has 1 aromatic rings. The largest absolute Gasteiger partial charge is 0.478 e. The Labute approximate surface area is 115 Å². The van der Waals surface area contributed by atoms with E-state index in [-0.39, 0.29) is 16.5 Å². The van der Waals surface area contributed by atoms with Crippen LogP contribution in [0.15, 0.2) is 12.1 Å². The van der Waals surface area contributed by atoms with Crippen molar-refractivity contribution in [2.75, 3.05) is 11.4 Å². The summed E-state index contributed by atoms with van der Waals surface area (Å²) in [5.74, 6) is -1.37. The van der Waals surface area contributed by atoms with Gasteiger partial charge in [0.15, 0.2) is 0 Å². The summed E-state index contributed by atoms with van der Waals surface area (Å²) in [5, 5.41) is 9.37. The van der Waals surface area contributed by atoms with Crippen molar-refractivity contribution >= 4 is 29.3 Å². The van der Waals surface area contributed by atoms with E-state index in [2.05, 4.69) is 4.98 Å². The summed E-state index contributed by atoms with van der Waals surface area (Å²) in [4.78, 5) is 28.4. The van der Waals surface area contributed by atoms with Gasteiger partial charge in [0.1, 0.15) is 22.6 Å². The second-order valence-electron chi connectivity index (χ2n) is 4.42. The number of carboxylic acids is 1. The Bertz CT molecular complexity index is 521. The predicted molar refractivity (Wildman–Crippen MR) is 70.4 cm³/mol. The van der Waals surface area contributed by atoms with Gasteiger partial charge in [-0.05, 0) is 31.4 Å². The first-order valence-corrected chi connectivity index (χ1v) is 6.34. The number of amides is 1. The second-order valence-corrected chi connectivity index (χ2v) is 4.80. The molecule has 1 unspecified atom stereocenters. The fraction of sp³-hybridized carbons (Fsp3) is 0.417. The maximum Gasteiger partial charge on any atom is 0.339 e. The average Bonchev–Trinajstić information content (AvgIpc) is 2.38. The summed E-state index contributed by atoms with van der Waals surface area (Å²) < 4.78 is 0. The molecule has 1 saturated heterocycles. The third kappa shape index (κ3) is 2.78. The van der Waals surface area contributed by atoms with Gasteiger partial charge in [0, 0.05) is 6.54 Å². The molecule has 1 atom stereocenters. The van der Waals surface area contributed by atoms with Gasteiger partial charge in [0.05, 0.1) is 0 Å². The van der Waals surface area contributed by atoms with E-state index in [1.165, 1.54) is 12.1 Å². The number of pyridine rings is 1. The second kappa shape index (κ2) is 5.44. The minimum Gasteiger partial charge on any atom is -0.478 e. The Kier molecular flexibility index (Phi) is 3.90. The number of carbonyl (C=O) groups excluding carboxylic acids is 1. The van der Waals surface area contributed by atoms with Gasteiger partial charge in [-0.1, -0.05) is 11.6 Å². The van der Waals surface area contributed by atoms with E-state index in [0.29, 0.717) is 13.0 Å². The minimum absolute atomic E-state index is 0.0255. The van der Waals surface area contributed by atoms with E-state index in [4.69, 9.17) is 17.3 Å². The lowest BCUT2D eigenvalue weighted by molar-refractivity contribution is -0.119. The number of hydrogen-bond acceptors (Lipinski definition) is 4. The maximum atomic E-state index is 11.5.